The molecule has 0 aromatic heterocycles. The number of carboxylic acid groups (broad SMARTS) is 1. The lowest BCUT2D eigenvalue weighted by Crippen LogP contribution is -2.11. The largest absolute Gasteiger partial charge is 0.490 e. The quantitative estimate of drug-likeness (QED) is 0.639. The Hall–Kier alpha value is -2.40. The zero-order chi connectivity index (χ0) is 18.1. The molecule has 1 N–H and O–H groups in total. The molecule has 0 amide bonds. The second-order valence-corrected chi connectivity index (χ2v) is 5.66. The number of halogens is 1. The van der Waals surface area contributed by atoms with Gasteiger partial charge in [-0.05, 0) is 49.2 Å². The highest BCUT2D eigenvalue weighted by molar-refractivity contribution is 6.30. The van der Waals surface area contributed by atoms with Crippen LogP contribution in [0.15, 0.2) is 42.5 Å². The molecule has 0 atom stereocenters. The molecule has 2 rings (SSSR count). The molecule has 0 heterocycles. The topological polar surface area (TPSA) is 65.0 Å². The van der Waals surface area contributed by atoms with Gasteiger partial charge in [-0.2, -0.15) is 0 Å². The van der Waals surface area contributed by atoms with Gasteiger partial charge in [-0.3, -0.25) is 4.79 Å². The maximum atomic E-state index is 10.8. The van der Waals surface area contributed by atoms with Crippen LogP contribution < -0.4 is 14.2 Å². The third-order valence-corrected chi connectivity index (χ3v) is 3.61. The van der Waals surface area contributed by atoms with Crippen molar-refractivity contribution in [1.29, 1.82) is 0 Å². The summed E-state index contributed by atoms with van der Waals surface area (Å²) in [6.45, 7) is 3.14. The maximum absolute atomic E-state index is 10.8. The number of aliphatic carboxylic acids is 1. The van der Waals surface area contributed by atoms with Crippen LogP contribution in [-0.2, 0) is 11.2 Å². The number of para-hydroxylation sites is 2. The van der Waals surface area contributed by atoms with E-state index in [0.717, 1.165) is 5.56 Å². The smallest absolute Gasteiger partial charge is 0.303 e. The highest BCUT2D eigenvalue weighted by Gasteiger charge is 2.08. The van der Waals surface area contributed by atoms with Crippen molar-refractivity contribution in [2.45, 2.75) is 19.8 Å². The number of hydrogen-bond donors (Lipinski definition) is 1. The van der Waals surface area contributed by atoms with Crippen molar-refractivity contribution in [3.05, 3.63) is 53.1 Å². The van der Waals surface area contributed by atoms with Gasteiger partial charge >= 0.3 is 5.97 Å². The van der Waals surface area contributed by atoms with Crippen molar-refractivity contribution >= 4 is 17.6 Å². The highest BCUT2D eigenvalue weighted by atomic mass is 35.5. The van der Waals surface area contributed by atoms with Gasteiger partial charge in [-0.1, -0.05) is 23.7 Å². The molecule has 2 aromatic carbocycles. The van der Waals surface area contributed by atoms with Crippen LogP contribution in [0.3, 0.4) is 0 Å². The Morgan fingerprint density at radius 1 is 1.00 bits per heavy atom. The van der Waals surface area contributed by atoms with Crippen LogP contribution in [-0.4, -0.2) is 30.9 Å². The molecule has 0 radical (unpaired) electrons. The predicted octanol–water partition coefficient (Wildman–Crippen LogP) is 4.21. The number of aryl methyl sites for hydroxylation is 1. The number of rotatable bonds is 10. The monoisotopic (exact) mass is 364 g/mol. The van der Waals surface area contributed by atoms with E-state index in [4.69, 9.17) is 30.9 Å². The number of carbonyl (C=O) groups is 1. The van der Waals surface area contributed by atoms with E-state index >= 15 is 0 Å². The van der Waals surface area contributed by atoms with Crippen molar-refractivity contribution in [2.75, 3.05) is 19.8 Å². The lowest BCUT2D eigenvalue weighted by Gasteiger charge is -2.14. The first-order valence-electron chi connectivity index (χ1n) is 8.07. The average Bonchev–Trinajstić information content (AvgIpc) is 2.59. The minimum absolute atomic E-state index is 0.0228. The van der Waals surface area contributed by atoms with Crippen molar-refractivity contribution in [2.24, 2.45) is 0 Å². The second-order valence-electron chi connectivity index (χ2n) is 5.22. The second kappa shape index (κ2) is 9.79. The van der Waals surface area contributed by atoms with Crippen LogP contribution in [0.5, 0.6) is 17.2 Å². The Balaban J connectivity index is 1.90. The molecule has 0 aliphatic carbocycles. The summed E-state index contributed by atoms with van der Waals surface area (Å²) >= 11 is 5.98. The Bertz CT molecular complexity index is 702. The summed E-state index contributed by atoms with van der Waals surface area (Å²) in [4.78, 5) is 10.8. The molecular formula is C19H21ClO5. The van der Waals surface area contributed by atoms with E-state index in [1.54, 1.807) is 18.2 Å². The molecule has 0 saturated heterocycles. The molecular weight excluding hydrogens is 344 g/mol. The minimum Gasteiger partial charge on any atom is -0.490 e. The summed E-state index contributed by atoms with van der Waals surface area (Å²) in [6.07, 6.45) is 0.383. The van der Waals surface area contributed by atoms with E-state index in [2.05, 4.69) is 0 Å². The van der Waals surface area contributed by atoms with Gasteiger partial charge in [0.25, 0.3) is 0 Å². The van der Waals surface area contributed by atoms with E-state index in [-0.39, 0.29) is 6.42 Å². The predicted molar refractivity (Wildman–Crippen MR) is 96.0 cm³/mol. The lowest BCUT2D eigenvalue weighted by molar-refractivity contribution is -0.136. The van der Waals surface area contributed by atoms with Gasteiger partial charge in [-0.25, -0.2) is 0 Å². The van der Waals surface area contributed by atoms with E-state index in [1.807, 2.05) is 31.2 Å². The molecule has 0 saturated carbocycles. The summed E-state index contributed by atoms with van der Waals surface area (Å²) in [5, 5.41) is 9.39. The molecule has 0 bridgehead atoms. The standard InChI is InChI=1S/C19H21ClO5/c1-2-23-17-5-3-4-6-18(17)25-12-11-24-16-9-8-15(20)13-14(16)7-10-19(21)22/h3-6,8-9,13H,2,7,10-12H2,1H3,(H,21,22). The van der Waals surface area contributed by atoms with Crippen molar-refractivity contribution in [1.82, 2.24) is 0 Å². The van der Waals surface area contributed by atoms with E-state index in [1.165, 1.54) is 0 Å². The van der Waals surface area contributed by atoms with Crippen molar-refractivity contribution in [3.63, 3.8) is 0 Å². The molecule has 2 aromatic rings. The average molecular weight is 365 g/mol. The lowest BCUT2D eigenvalue weighted by atomic mass is 10.1. The van der Waals surface area contributed by atoms with Gasteiger partial charge < -0.3 is 19.3 Å². The van der Waals surface area contributed by atoms with Gasteiger partial charge in [-0.15, -0.1) is 0 Å². The molecule has 134 valence electrons. The first kappa shape index (κ1) is 18.9. The molecule has 6 heteroatoms. The third kappa shape index (κ3) is 6.19. The van der Waals surface area contributed by atoms with Gasteiger partial charge in [0.05, 0.1) is 6.61 Å². The summed E-state index contributed by atoms with van der Waals surface area (Å²) in [5.41, 5.74) is 0.768. The molecule has 0 unspecified atom stereocenters. The van der Waals surface area contributed by atoms with Crippen LogP contribution in [0.4, 0.5) is 0 Å². The van der Waals surface area contributed by atoms with Crippen molar-refractivity contribution < 1.29 is 24.1 Å². The van der Waals surface area contributed by atoms with Crippen LogP contribution in [0.1, 0.15) is 18.9 Å². The Morgan fingerprint density at radius 2 is 1.64 bits per heavy atom. The fourth-order valence-corrected chi connectivity index (χ4v) is 2.47. The SMILES string of the molecule is CCOc1ccccc1OCCOc1ccc(Cl)cc1CCC(=O)O. The van der Waals surface area contributed by atoms with Gasteiger partial charge in [0.15, 0.2) is 11.5 Å². The van der Waals surface area contributed by atoms with Crippen LogP contribution in [0.25, 0.3) is 0 Å². The summed E-state index contributed by atoms with van der Waals surface area (Å²) in [6, 6.07) is 12.6. The van der Waals surface area contributed by atoms with Gasteiger partial charge in [0.1, 0.15) is 19.0 Å². The Labute approximate surface area is 152 Å². The molecule has 0 aliphatic rings. The normalized spacial score (nSPS) is 10.3. The third-order valence-electron chi connectivity index (χ3n) is 3.38. The van der Waals surface area contributed by atoms with E-state index < -0.39 is 5.97 Å². The van der Waals surface area contributed by atoms with Crippen LogP contribution in [0, 0.1) is 0 Å². The maximum Gasteiger partial charge on any atom is 0.303 e. The molecule has 0 aliphatic heterocycles. The molecule has 0 fully saturated rings. The van der Waals surface area contributed by atoms with Crippen molar-refractivity contribution in [3.8, 4) is 17.2 Å². The van der Waals surface area contributed by atoms with E-state index in [0.29, 0.717) is 48.5 Å². The number of ether oxygens (including phenoxy) is 3. The zero-order valence-corrected chi connectivity index (χ0v) is 14.8. The van der Waals surface area contributed by atoms with E-state index in [9.17, 15) is 4.79 Å². The minimum atomic E-state index is -0.859. The number of benzene rings is 2. The summed E-state index contributed by atoms with van der Waals surface area (Å²) in [5.74, 6) is 1.11. The Morgan fingerprint density at radius 3 is 2.28 bits per heavy atom. The number of hydrogen-bond acceptors (Lipinski definition) is 4. The first-order chi connectivity index (χ1) is 12.1. The fourth-order valence-electron chi connectivity index (χ4n) is 2.27. The molecule has 0 spiro atoms. The summed E-state index contributed by atoms with van der Waals surface area (Å²) < 4.78 is 16.9. The zero-order valence-electron chi connectivity index (χ0n) is 14.0. The highest BCUT2D eigenvalue weighted by Crippen LogP contribution is 2.27. The fraction of sp³-hybridized carbons (Fsp3) is 0.316. The van der Waals surface area contributed by atoms with Gasteiger partial charge in [0, 0.05) is 11.4 Å². The van der Waals surface area contributed by atoms with Crippen LogP contribution in [0.2, 0.25) is 5.02 Å². The Kier molecular flexibility index (Phi) is 7.41. The summed E-state index contributed by atoms with van der Waals surface area (Å²) in [7, 11) is 0. The number of carboxylic acids is 1. The first-order valence-corrected chi connectivity index (χ1v) is 8.45. The van der Waals surface area contributed by atoms with Gasteiger partial charge in [0.2, 0.25) is 0 Å². The molecule has 5 nitrogen and oxygen atoms in total. The molecule has 25 heavy (non-hydrogen) atoms. The van der Waals surface area contributed by atoms with Crippen LogP contribution >= 0.6 is 11.6 Å².